The van der Waals surface area contributed by atoms with Crippen LogP contribution in [0.25, 0.3) is 0 Å². The summed E-state index contributed by atoms with van der Waals surface area (Å²) in [6, 6.07) is 0.900. The van der Waals surface area contributed by atoms with Gasteiger partial charge in [-0.15, -0.1) is 0 Å². The van der Waals surface area contributed by atoms with Crippen LogP contribution < -0.4 is 0 Å². The molecule has 0 aromatic heterocycles. The Hall–Kier alpha value is -0.0300. The molecule has 0 aromatic carbocycles. The van der Waals surface area contributed by atoms with E-state index in [2.05, 4.69) is 21.4 Å². The van der Waals surface area contributed by atoms with Crippen molar-refractivity contribution in [1.82, 2.24) is 9.21 Å². The predicted molar refractivity (Wildman–Crippen MR) is 67.0 cm³/mol. The van der Waals surface area contributed by atoms with Crippen LogP contribution in [-0.2, 0) is 0 Å². The molecule has 0 saturated carbocycles. The zero-order chi connectivity index (χ0) is 11.0. The van der Waals surface area contributed by atoms with E-state index in [1.165, 1.54) is 25.0 Å². The lowest BCUT2D eigenvalue weighted by molar-refractivity contribution is 0.145. The molecule has 16 heavy (non-hydrogen) atoms. The highest BCUT2D eigenvalue weighted by molar-refractivity contribution is 7.97. The lowest BCUT2D eigenvalue weighted by atomic mass is 9.86. The highest BCUT2D eigenvalue weighted by Crippen LogP contribution is 2.38. The van der Waals surface area contributed by atoms with Gasteiger partial charge < -0.3 is 5.11 Å². The fraction of sp³-hybridized carbons (Fsp3) is 0.833. The number of aliphatic hydroxyl groups excluding tert-OH is 1. The number of nitrogens with zero attached hydrogens (tertiary/aromatic N) is 2. The van der Waals surface area contributed by atoms with Crippen molar-refractivity contribution in [1.29, 1.82) is 0 Å². The quantitative estimate of drug-likeness (QED) is 0.581. The van der Waals surface area contributed by atoms with Gasteiger partial charge in [0.15, 0.2) is 0 Å². The first kappa shape index (κ1) is 11.1. The summed E-state index contributed by atoms with van der Waals surface area (Å²) in [6.45, 7) is 2.50. The summed E-state index contributed by atoms with van der Waals surface area (Å²) >= 11 is 1.97. The van der Waals surface area contributed by atoms with Gasteiger partial charge in [-0.1, -0.05) is 24.1 Å². The highest BCUT2D eigenvalue weighted by atomic mass is 32.2. The number of hydrogen-bond donors (Lipinski definition) is 1. The number of fused-ring (bicyclic) bond motifs is 2. The molecule has 1 N–H and O–H groups in total. The highest BCUT2D eigenvalue weighted by Gasteiger charge is 2.45. The lowest BCUT2D eigenvalue weighted by Crippen LogP contribution is -2.42. The maximum atomic E-state index is 9.61. The zero-order valence-electron chi connectivity index (χ0n) is 9.59. The second-order valence-corrected chi connectivity index (χ2v) is 6.10. The van der Waals surface area contributed by atoms with E-state index in [0.29, 0.717) is 24.6 Å². The minimum absolute atomic E-state index is 0.312. The van der Waals surface area contributed by atoms with E-state index < -0.39 is 0 Å². The van der Waals surface area contributed by atoms with Gasteiger partial charge in [0.1, 0.15) is 0 Å². The van der Waals surface area contributed by atoms with E-state index in [1.807, 2.05) is 11.9 Å². The summed E-state index contributed by atoms with van der Waals surface area (Å²) in [4.78, 5) is 2.45. The normalized spacial score (nSPS) is 47.2. The van der Waals surface area contributed by atoms with E-state index >= 15 is 0 Å². The smallest absolute Gasteiger partial charge is 0.0614 e. The van der Waals surface area contributed by atoms with Gasteiger partial charge in [0, 0.05) is 18.3 Å². The summed E-state index contributed by atoms with van der Waals surface area (Å²) < 4.78 is 2.50. The van der Waals surface area contributed by atoms with Crippen LogP contribution in [0.15, 0.2) is 12.2 Å². The average molecular weight is 240 g/mol. The van der Waals surface area contributed by atoms with Crippen LogP contribution in [0.4, 0.5) is 0 Å². The van der Waals surface area contributed by atoms with Gasteiger partial charge >= 0.3 is 0 Å². The van der Waals surface area contributed by atoms with E-state index in [4.69, 9.17) is 0 Å². The molecule has 0 radical (unpaired) electrons. The number of rotatable bonds is 2. The molecule has 2 aliphatic heterocycles. The first-order valence-corrected chi connectivity index (χ1v) is 7.25. The van der Waals surface area contributed by atoms with Gasteiger partial charge in [0.25, 0.3) is 0 Å². The van der Waals surface area contributed by atoms with Crippen LogP contribution in [0, 0.1) is 5.92 Å². The summed E-state index contributed by atoms with van der Waals surface area (Å²) in [5, 5.41) is 9.61. The van der Waals surface area contributed by atoms with Crippen LogP contribution in [0.1, 0.15) is 19.3 Å². The largest absolute Gasteiger partial charge is 0.395 e. The van der Waals surface area contributed by atoms with Gasteiger partial charge in [0.2, 0.25) is 0 Å². The summed E-state index contributed by atoms with van der Waals surface area (Å²) in [5.41, 5.74) is 0. The Labute approximate surface area is 102 Å². The molecule has 2 heterocycles. The number of allylic oxidation sites excluding steroid dienone is 1. The second kappa shape index (κ2) is 4.69. The van der Waals surface area contributed by atoms with Crippen LogP contribution >= 0.6 is 11.9 Å². The molecule has 4 unspecified atom stereocenters. The second-order valence-electron chi connectivity index (χ2n) is 4.97. The average Bonchev–Trinajstić information content (AvgIpc) is 2.61. The first-order chi connectivity index (χ1) is 7.90. The maximum absolute atomic E-state index is 9.61. The SMILES string of the molecule is OCC1C([C@@H]2C=CCCC2)N2CN1CCS2. The third-order valence-electron chi connectivity index (χ3n) is 4.07. The minimum Gasteiger partial charge on any atom is -0.395 e. The van der Waals surface area contributed by atoms with E-state index in [0.717, 1.165) is 13.2 Å². The van der Waals surface area contributed by atoms with Crippen LogP contribution in [0.5, 0.6) is 0 Å². The van der Waals surface area contributed by atoms with Gasteiger partial charge in [0.05, 0.1) is 19.3 Å². The van der Waals surface area contributed by atoms with Crippen molar-refractivity contribution < 1.29 is 5.11 Å². The fourth-order valence-corrected chi connectivity index (χ4v) is 4.52. The van der Waals surface area contributed by atoms with Crippen molar-refractivity contribution in [3.8, 4) is 0 Å². The van der Waals surface area contributed by atoms with Crippen molar-refractivity contribution in [3.05, 3.63) is 12.2 Å². The molecule has 2 fully saturated rings. The third-order valence-corrected chi connectivity index (χ3v) is 5.13. The fourth-order valence-electron chi connectivity index (χ4n) is 3.27. The molecule has 2 bridgehead atoms. The molecule has 0 spiro atoms. The van der Waals surface area contributed by atoms with Gasteiger partial charge in [-0.3, -0.25) is 4.90 Å². The van der Waals surface area contributed by atoms with Crippen LogP contribution in [-0.4, -0.2) is 52.0 Å². The zero-order valence-corrected chi connectivity index (χ0v) is 10.4. The van der Waals surface area contributed by atoms with E-state index in [9.17, 15) is 5.11 Å². The molecule has 0 aromatic rings. The predicted octanol–water partition coefficient (Wildman–Crippen LogP) is 1.31. The lowest BCUT2D eigenvalue weighted by Gasteiger charge is -2.31. The van der Waals surface area contributed by atoms with Crippen molar-refractivity contribution in [2.75, 3.05) is 25.6 Å². The molecular formula is C12H20N2OS. The standard InChI is InChI=1S/C12H20N2OS/c15-8-11-12(10-4-2-1-3-5-10)14-9-13(11)6-7-16-14/h2,4,10-12,15H,1,3,5-9H2/t10-,11?,12?/m1/s1. The Morgan fingerprint density at radius 2 is 2.38 bits per heavy atom. The molecule has 5 atom stereocenters. The maximum Gasteiger partial charge on any atom is 0.0614 e. The molecule has 0 amide bonds. The molecule has 1 aliphatic carbocycles. The number of hydrogen-bond acceptors (Lipinski definition) is 4. The van der Waals surface area contributed by atoms with Crippen LogP contribution in [0.3, 0.4) is 0 Å². The Morgan fingerprint density at radius 3 is 3.12 bits per heavy atom. The summed E-state index contributed by atoms with van der Waals surface area (Å²) in [7, 11) is 0. The molecule has 90 valence electrons. The first-order valence-electron chi connectivity index (χ1n) is 6.31. The summed E-state index contributed by atoms with van der Waals surface area (Å²) in [5.74, 6) is 1.84. The molecular weight excluding hydrogens is 220 g/mol. The van der Waals surface area contributed by atoms with Crippen LogP contribution in [0.2, 0.25) is 0 Å². The monoisotopic (exact) mass is 240 g/mol. The van der Waals surface area contributed by atoms with Crippen molar-refractivity contribution in [2.45, 2.75) is 31.3 Å². The van der Waals surface area contributed by atoms with Crippen molar-refractivity contribution >= 4 is 11.9 Å². The number of aliphatic hydroxyl groups is 1. The molecule has 3 aliphatic rings. The van der Waals surface area contributed by atoms with Crippen molar-refractivity contribution in [2.24, 2.45) is 5.92 Å². The van der Waals surface area contributed by atoms with Gasteiger partial charge in [-0.2, -0.15) is 0 Å². The Kier molecular flexibility index (Phi) is 3.25. The van der Waals surface area contributed by atoms with Gasteiger partial charge in [-0.25, -0.2) is 4.31 Å². The molecule has 2 saturated heterocycles. The summed E-state index contributed by atoms with van der Waals surface area (Å²) in [6.07, 6.45) is 8.56. The molecule has 3 rings (SSSR count). The molecule has 3 nitrogen and oxygen atoms in total. The van der Waals surface area contributed by atoms with E-state index in [1.54, 1.807) is 0 Å². The van der Waals surface area contributed by atoms with Crippen molar-refractivity contribution in [3.63, 3.8) is 0 Å². The van der Waals surface area contributed by atoms with E-state index in [-0.39, 0.29) is 0 Å². The molecule has 4 heteroatoms. The Bertz CT molecular complexity index is 284. The topological polar surface area (TPSA) is 26.7 Å². The Morgan fingerprint density at radius 1 is 1.44 bits per heavy atom. The van der Waals surface area contributed by atoms with Gasteiger partial charge in [-0.05, 0) is 25.2 Å². The Balaban J connectivity index is 1.80. The third kappa shape index (κ3) is 1.82. The minimum atomic E-state index is 0.312.